The number of nitrogens with zero attached hydrogens (tertiary/aromatic N) is 2. The Kier molecular flexibility index (Phi) is 4.98. The lowest BCUT2D eigenvalue weighted by Crippen LogP contribution is -2.45. The minimum absolute atomic E-state index is 0.0484. The van der Waals surface area contributed by atoms with E-state index in [0.717, 1.165) is 6.42 Å². The van der Waals surface area contributed by atoms with Gasteiger partial charge in [-0.05, 0) is 6.42 Å². The van der Waals surface area contributed by atoms with Crippen LogP contribution in [0.2, 0.25) is 0 Å². The maximum Gasteiger partial charge on any atom is 0.240 e. The lowest BCUT2D eigenvalue weighted by atomic mass is 10.2. The molecule has 5 heteroatoms. The van der Waals surface area contributed by atoms with Crippen molar-refractivity contribution in [3.8, 4) is 12.3 Å². The molecular weight excluding hydrogens is 218 g/mol. The molecule has 1 unspecified atom stereocenters. The van der Waals surface area contributed by atoms with Crippen LogP contribution in [-0.2, 0) is 9.59 Å². The molecule has 0 aromatic heterocycles. The zero-order chi connectivity index (χ0) is 12.8. The molecule has 5 nitrogen and oxygen atoms in total. The first-order valence-corrected chi connectivity index (χ1v) is 5.79. The molecule has 1 aliphatic heterocycles. The third-order valence-corrected chi connectivity index (χ3v) is 2.91. The normalized spacial score (nSPS) is 18.2. The highest BCUT2D eigenvalue weighted by molar-refractivity contribution is 5.82. The second-order valence-electron chi connectivity index (χ2n) is 4.20. The van der Waals surface area contributed by atoms with Crippen molar-refractivity contribution in [3.63, 3.8) is 0 Å². The Hall–Kier alpha value is -1.54. The summed E-state index contributed by atoms with van der Waals surface area (Å²) in [6.07, 6.45) is 6.18. The summed E-state index contributed by atoms with van der Waals surface area (Å²) in [6.45, 7) is 3.99. The molecule has 1 heterocycles. The van der Waals surface area contributed by atoms with E-state index in [4.69, 9.17) is 12.2 Å². The summed E-state index contributed by atoms with van der Waals surface area (Å²) in [6, 6.07) is -0.621. The van der Waals surface area contributed by atoms with Gasteiger partial charge in [-0.2, -0.15) is 0 Å². The van der Waals surface area contributed by atoms with Crippen LogP contribution >= 0.6 is 0 Å². The molecule has 0 spiro atoms. The molecule has 1 rings (SSSR count). The Labute approximate surface area is 102 Å². The summed E-state index contributed by atoms with van der Waals surface area (Å²) in [7, 11) is 0. The van der Waals surface area contributed by atoms with Crippen LogP contribution in [-0.4, -0.2) is 53.8 Å². The minimum Gasteiger partial charge on any atom is -0.341 e. The lowest BCUT2D eigenvalue weighted by molar-refractivity contribution is -0.133. The number of amides is 2. The summed E-state index contributed by atoms with van der Waals surface area (Å²) in [5.74, 6) is 2.32. The molecule has 0 radical (unpaired) electrons. The number of rotatable bonds is 2. The number of terminal acetylenes is 1. The van der Waals surface area contributed by atoms with Crippen LogP contribution in [0.3, 0.4) is 0 Å². The van der Waals surface area contributed by atoms with Gasteiger partial charge in [0, 0.05) is 39.5 Å². The third kappa shape index (κ3) is 3.75. The average molecular weight is 237 g/mol. The molecule has 0 saturated carbocycles. The smallest absolute Gasteiger partial charge is 0.240 e. The summed E-state index contributed by atoms with van der Waals surface area (Å²) in [5, 5.41) is 0. The molecular formula is C12H19N3O2. The Balaban J connectivity index is 2.54. The summed E-state index contributed by atoms with van der Waals surface area (Å²) in [5.41, 5.74) is 5.69. The van der Waals surface area contributed by atoms with Crippen LogP contribution in [0.1, 0.15) is 19.8 Å². The Morgan fingerprint density at radius 2 is 1.88 bits per heavy atom. The fraction of sp³-hybridized carbons (Fsp3) is 0.667. The Morgan fingerprint density at radius 1 is 1.29 bits per heavy atom. The van der Waals surface area contributed by atoms with Crippen LogP contribution < -0.4 is 5.73 Å². The van der Waals surface area contributed by atoms with Crippen LogP contribution in [0, 0.1) is 12.3 Å². The molecule has 0 aliphatic carbocycles. The SMILES string of the molecule is C#CCC(N)C(=O)N1CCCN(C(C)=O)CC1. The Morgan fingerprint density at radius 3 is 2.47 bits per heavy atom. The van der Waals surface area contributed by atoms with Gasteiger partial charge in [-0.3, -0.25) is 9.59 Å². The van der Waals surface area contributed by atoms with Gasteiger partial charge in [0.2, 0.25) is 11.8 Å². The van der Waals surface area contributed by atoms with Crippen molar-refractivity contribution < 1.29 is 9.59 Å². The van der Waals surface area contributed by atoms with E-state index in [2.05, 4.69) is 5.92 Å². The number of hydrogen-bond acceptors (Lipinski definition) is 3. The van der Waals surface area contributed by atoms with Crippen molar-refractivity contribution in [2.75, 3.05) is 26.2 Å². The lowest BCUT2D eigenvalue weighted by Gasteiger charge is -2.23. The molecule has 0 bridgehead atoms. The number of carbonyl (C=O) groups is 2. The van der Waals surface area contributed by atoms with Gasteiger partial charge < -0.3 is 15.5 Å². The minimum atomic E-state index is -0.621. The van der Waals surface area contributed by atoms with Gasteiger partial charge in [-0.25, -0.2) is 0 Å². The molecule has 17 heavy (non-hydrogen) atoms. The monoisotopic (exact) mass is 237 g/mol. The van der Waals surface area contributed by atoms with E-state index in [1.165, 1.54) is 0 Å². The highest BCUT2D eigenvalue weighted by Crippen LogP contribution is 2.05. The standard InChI is InChI=1S/C12H19N3O2/c1-3-5-11(13)12(17)15-7-4-6-14(8-9-15)10(2)16/h1,11H,4-9,13H2,2H3. The van der Waals surface area contributed by atoms with E-state index in [9.17, 15) is 9.59 Å². The fourth-order valence-corrected chi connectivity index (χ4v) is 1.90. The number of nitrogens with two attached hydrogens (primary N) is 1. The molecule has 94 valence electrons. The van der Waals surface area contributed by atoms with Crippen molar-refractivity contribution in [1.82, 2.24) is 9.80 Å². The number of carbonyl (C=O) groups excluding carboxylic acids is 2. The highest BCUT2D eigenvalue weighted by atomic mass is 16.2. The fourth-order valence-electron chi connectivity index (χ4n) is 1.90. The van der Waals surface area contributed by atoms with Crippen molar-refractivity contribution in [2.45, 2.75) is 25.8 Å². The van der Waals surface area contributed by atoms with Crippen molar-refractivity contribution in [2.24, 2.45) is 5.73 Å². The van der Waals surface area contributed by atoms with Crippen molar-refractivity contribution in [3.05, 3.63) is 0 Å². The second-order valence-corrected chi connectivity index (χ2v) is 4.20. The van der Waals surface area contributed by atoms with E-state index in [0.29, 0.717) is 26.2 Å². The van der Waals surface area contributed by atoms with Crippen molar-refractivity contribution in [1.29, 1.82) is 0 Å². The molecule has 2 amide bonds. The molecule has 1 atom stereocenters. The van der Waals surface area contributed by atoms with Gasteiger partial charge in [-0.1, -0.05) is 0 Å². The van der Waals surface area contributed by atoms with Gasteiger partial charge in [0.15, 0.2) is 0 Å². The molecule has 0 aromatic rings. The van der Waals surface area contributed by atoms with E-state index < -0.39 is 6.04 Å². The summed E-state index contributed by atoms with van der Waals surface area (Å²) < 4.78 is 0. The van der Waals surface area contributed by atoms with Crippen LogP contribution in [0.5, 0.6) is 0 Å². The van der Waals surface area contributed by atoms with E-state index in [-0.39, 0.29) is 18.2 Å². The third-order valence-electron chi connectivity index (χ3n) is 2.91. The molecule has 1 saturated heterocycles. The van der Waals surface area contributed by atoms with Crippen LogP contribution in [0.4, 0.5) is 0 Å². The largest absolute Gasteiger partial charge is 0.341 e. The second kappa shape index (κ2) is 6.26. The maximum atomic E-state index is 11.9. The molecule has 1 aliphatic rings. The van der Waals surface area contributed by atoms with Crippen LogP contribution in [0.25, 0.3) is 0 Å². The highest BCUT2D eigenvalue weighted by Gasteiger charge is 2.23. The molecule has 0 aromatic carbocycles. The summed E-state index contributed by atoms with van der Waals surface area (Å²) in [4.78, 5) is 26.6. The summed E-state index contributed by atoms with van der Waals surface area (Å²) >= 11 is 0. The zero-order valence-electron chi connectivity index (χ0n) is 10.2. The maximum absolute atomic E-state index is 11.9. The van der Waals surface area contributed by atoms with Gasteiger partial charge in [0.05, 0.1) is 6.04 Å². The van der Waals surface area contributed by atoms with Gasteiger partial charge in [0.1, 0.15) is 0 Å². The molecule has 2 N–H and O–H groups in total. The van der Waals surface area contributed by atoms with Crippen molar-refractivity contribution >= 4 is 11.8 Å². The quantitative estimate of drug-likeness (QED) is 0.653. The van der Waals surface area contributed by atoms with Gasteiger partial charge in [0.25, 0.3) is 0 Å². The molecule has 1 fully saturated rings. The van der Waals surface area contributed by atoms with Crippen LogP contribution in [0.15, 0.2) is 0 Å². The zero-order valence-corrected chi connectivity index (χ0v) is 10.2. The van der Waals surface area contributed by atoms with Gasteiger partial charge in [-0.15, -0.1) is 12.3 Å². The predicted molar refractivity (Wildman–Crippen MR) is 64.9 cm³/mol. The van der Waals surface area contributed by atoms with Gasteiger partial charge >= 0.3 is 0 Å². The predicted octanol–water partition coefficient (Wildman–Crippen LogP) is -0.582. The van der Waals surface area contributed by atoms with E-state index in [1.807, 2.05) is 0 Å². The van der Waals surface area contributed by atoms with E-state index in [1.54, 1.807) is 16.7 Å². The first kappa shape index (κ1) is 13.5. The Bertz CT molecular complexity index is 335. The van der Waals surface area contributed by atoms with E-state index >= 15 is 0 Å². The first-order valence-electron chi connectivity index (χ1n) is 5.79. The number of hydrogen-bond donors (Lipinski definition) is 1. The average Bonchev–Trinajstić information content (AvgIpc) is 2.53. The first-order chi connectivity index (χ1) is 8.06. The topological polar surface area (TPSA) is 66.6 Å².